The molecule has 6 heteroatoms. The molecule has 2 heterocycles. The van der Waals surface area contributed by atoms with Crippen LogP contribution in [0.15, 0.2) is 53.7 Å². The molecule has 3 rings (SSSR count). The standard InChI is InChI=1S/C18H20FN5/c1-13-6-5-9-17-23-15(12-24(13)17)11-22-18(20-2)21-10-14-7-3-4-8-16(14)19/h3-9,12H,10-11H2,1-2H3,(H2,20,21,22). The van der Waals surface area contributed by atoms with E-state index in [2.05, 4.69) is 20.6 Å². The van der Waals surface area contributed by atoms with E-state index in [0.717, 1.165) is 17.0 Å². The number of aliphatic imine (C=N–C) groups is 1. The highest BCUT2D eigenvalue weighted by Gasteiger charge is 2.05. The van der Waals surface area contributed by atoms with Gasteiger partial charge in [-0.25, -0.2) is 9.37 Å². The molecule has 0 amide bonds. The third kappa shape index (κ3) is 3.53. The topological polar surface area (TPSA) is 53.7 Å². The first-order valence-corrected chi connectivity index (χ1v) is 7.79. The average molecular weight is 325 g/mol. The predicted octanol–water partition coefficient (Wildman–Crippen LogP) is 2.65. The largest absolute Gasteiger partial charge is 0.352 e. The molecule has 0 fully saturated rings. The number of aromatic nitrogens is 2. The lowest BCUT2D eigenvalue weighted by atomic mass is 10.2. The fourth-order valence-corrected chi connectivity index (χ4v) is 2.50. The van der Waals surface area contributed by atoms with E-state index in [9.17, 15) is 4.39 Å². The SMILES string of the molecule is CN=C(NCc1cn2c(C)cccc2n1)NCc1ccccc1F. The number of imidazole rings is 1. The van der Waals surface area contributed by atoms with Crippen molar-refractivity contribution in [3.63, 3.8) is 0 Å². The Bertz CT molecular complexity index is 869. The minimum absolute atomic E-state index is 0.226. The fourth-order valence-electron chi connectivity index (χ4n) is 2.50. The summed E-state index contributed by atoms with van der Waals surface area (Å²) in [6.45, 7) is 2.95. The van der Waals surface area contributed by atoms with Gasteiger partial charge >= 0.3 is 0 Å². The molecule has 0 spiro atoms. The number of fused-ring (bicyclic) bond motifs is 1. The van der Waals surface area contributed by atoms with Crippen molar-refractivity contribution >= 4 is 11.6 Å². The van der Waals surface area contributed by atoms with E-state index in [1.54, 1.807) is 19.2 Å². The third-order valence-electron chi connectivity index (χ3n) is 3.81. The Hall–Kier alpha value is -2.89. The number of rotatable bonds is 4. The predicted molar refractivity (Wildman–Crippen MR) is 93.4 cm³/mol. The maximum Gasteiger partial charge on any atom is 0.191 e. The van der Waals surface area contributed by atoms with Crippen molar-refractivity contribution < 1.29 is 4.39 Å². The molecule has 0 unspecified atom stereocenters. The maximum atomic E-state index is 13.6. The Labute approximate surface area is 140 Å². The van der Waals surface area contributed by atoms with Gasteiger partial charge < -0.3 is 15.0 Å². The molecule has 0 radical (unpaired) electrons. The highest BCUT2D eigenvalue weighted by Crippen LogP contribution is 2.08. The van der Waals surface area contributed by atoms with Crippen molar-refractivity contribution in [2.75, 3.05) is 7.05 Å². The van der Waals surface area contributed by atoms with Crippen molar-refractivity contribution in [2.24, 2.45) is 4.99 Å². The molecule has 24 heavy (non-hydrogen) atoms. The zero-order chi connectivity index (χ0) is 16.9. The summed E-state index contributed by atoms with van der Waals surface area (Å²) in [7, 11) is 1.69. The van der Waals surface area contributed by atoms with Gasteiger partial charge in [0.2, 0.25) is 0 Å². The highest BCUT2D eigenvalue weighted by atomic mass is 19.1. The molecule has 0 saturated carbocycles. The molecule has 0 saturated heterocycles. The van der Waals surface area contributed by atoms with Crippen molar-refractivity contribution in [1.29, 1.82) is 0 Å². The van der Waals surface area contributed by atoms with E-state index in [-0.39, 0.29) is 5.82 Å². The summed E-state index contributed by atoms with van der Waals surface area (Å²) in [5.41, 5.74) is 3.57. The van der Waals surface area contributed by atoms with Crippen LogP contribution < -0.4 is 10.6 Å². The number of nitrogens with zero attached hydrogens (tertiary/aromatic N) is 3. The first-order chi connectivity index (χ1) is 11.7. The molecule has 0 bridgehead atoms. The van der Waals surface area contributed by atoms with Gasteiger partial charge in [0.15, 0.2) is 5.96 Å². The van der Waals surface area contributed by atoms with E-state index in [0.29, 0.717) is 24.6 Å². The number of halogens is 1. The van der Waals surface area contributed by atoms with Crippen LogP contribution in [0.5, 0.6) is 0 Å². The summed E-state index contributed by atoms with van der Waals surface area (Å²) in [5, 5.41) is 6.30. The zero-order valence-corrected chi connectivity index (χ0v) is 13.8. The summed E-state index contributed by atoms with van der Waals surface area (Å²) in [6, 6.07) is 12.7. The van der Waals surface area contributed by atoms with Crippen LogP contribution in [0, 0.1) is 12.7 Å². The Morgan fingerprint density at radius 2 is 1.92 bits per heavy atom. The Morgan fingerprint density at radius 3 is 2.67 bits per heavy atom. The van der Waals surface area contributed by atoms with Crippen LogP contribution in [-0.4, -0.2) is 22.4 Å². The number of nitrogens with one attached hydrogen (secondary N) is 2. The second kappa shape index (κ2) is 7.12. The molecule has 0 aliphatic carbocycles. The zero-order valence-electron chi connectivity index (χ0n) is 13.8. The summed E-state index contributed by atoms with van der Waals surface area (Å²) < 4.78 is 15.7. The fraction of sp³-hybridized carbons (Fsp3) is 0.222. The minimum Gasteiger partial charge on any atom is -0.352 e. The molecular weight excluding hydrogens is 305 g/mol. The van der Waals surface area contributed by atoms with Crippen LogP contribution in [-0.2, 0) is 13.1 Å². The van der Waals surface area contributed by atoms with Crippen LogP contribution in [0.1, 0.15) is 17.0 Å². The Kier molecular flexibility index (Phi) is 4.74. The molecular formula is C18H20FN5. The molecule has 124 valence electrons. The third-order valence-corrected chi connectivity index (χ3v) is 3.81. The summed E-state index contributed by atoms with van der Waals surface area (Å²) in [5.74, 6) is 0.378. The first kappa shape index (κ1) is 16.0. The number of hydrogen-bond acceptors (Lipinski definition) is 2. The molecule has 5 nitrogen and oxygen atoms in total. The molecule has 0 aliphatic heterocycles. The second-order valence-electron chi connectivity index (χ2n) is 5.50. The van der Waals surface area contributed by atoms with Gasteiger partial charge in [0.1, 0.15) is 11.5 Å². The maximum absolute atomic E-state index is 13.6. The Morgan fingerprint density at radius 1 is 1.12 bits per heavy atom. The second-order valence-corrected chi connectivity index (χ2v) is 5.50. The summed E-state index contributed by atoms with van der Waals surface area (Å²) in [6.07, 6.45) is 2.00. The van der Waals surface area contributed by atoms with Crippen LogP contribution >= 0.6 is 0 Å². The average Bonchev–Trinajstić information content (AvgIpc) is 3.01. The van der Waals surface area contributed by atoms with E-state index in [1.807, 2.05) is 41.8 Å². The van der Waals surface area contributed by atoms with Crippen molar-refractivity contribution in [3.8, 4) is 0 Å². The molecule has 1 aromatic carbocycles. The van der Waals surface area contributed by atoms with Gasteiger partial charge in [-0.05, 0) is 25.1 Å². The minimum atomic E-state index is -0.226. The van der Waals surface area contributed by atoms with E-state index in [1.165, 1.54) is 6.07 Å². The quantitative estimate of drug-likeness (QED) is 0.573. The van der Waals surface area contributed by atoms with Gasteiger partial charge in [-0.3, -0.25) is 4.99 Å². The Balaban J connectivity index is 1.61. The lowest BCUT2D eigenvalue weighted by Gasteiger charge is -2.11. The lowest BCUT2D eigenvalue weighted by molar-refractivity contribution is 0.604. The van der Waals surface area contributed by atoms with E-state index < -0.39 is 0 Å². The van der Waals surface area contributed by atoms with Gasteiger partial charge in [-0.2, -0.15) is 0 Å². The number of pyridine rings is 1. The smallest absolute Gasteiger partial charge is 0.191 e. The summed E-state index contributed by atoms with van der Waals surface area (Å²) in [4.78, 5) is 8.73. The summed E-state index contributed by atoms with van der Waals surface area (Å²) >= 11 is 0. The number of guanidine groups is 1. The van der Waals surface area contributed by atoms with Gasteiger partial charge in [0.25, 0.3) is 0 Å². The number of aryl methyl sites for hydroxylation is 1. The molecule has 0 aliphatic rings. The van der Waals surface area contributed by atoms with Crippen LogP contribution in [0.4, 0.5) is 4.39 Å². The van der Waals surface area contributed by atoms with Crippen molar-refractivity contribution in [1.82, 2.24) is 20.0 Å². The molecule has 2 aromatic heterocycles. The molecule has 0 atom stereocenters. The normalized spacial score (nSPS) is 11.7. The van der Waals surface area contributed by atoms with Gasteiger partial charge in [0, 0.05) is 31.0 Å². The van der Waals surface area contributed by atoms with Crippen molar-refractivity contribution in [3.05, 3.63) is 71.4 Å². The monoisotopic (exact) mass is 325 g/mol. The molecule has 2 N–H and O–H groups in total. The van der Waals surface area contributed by atoms with Gasteiger partial charge in [-0.1, -0.05) is 24.3 Å². The van der Waals surface area contributed by atoms with Crippen LogP contribution in [0.25, 0.3) is 5.65 Å². The van der Waals surface area contributed by atoms with Gasteiger partial charge in [-0.15, -0.1) is 0 Å². The lowest BCUT2D eigenvalue weighted by Crippen LogP contribution is -2.36. The van der Waals surface area contributed by atoms with Crippen LogP contribution in [0.3, 0.4) is 0 Å². The first-order valence-electron chi connectivity index (χ1n) is 7.79. The van der Waals surface area contributed by atoms with E-state index in [4.69, 9.17) is 0 Å². The van der Waals surface area contributed by atoms with Crippen molar-refractivity contribution in [2.45, 2.75) is 20.0 Å². The number of hydrogen-bond donors (Lipinski definition) is 2. The van der Waals surface area contributed by atoms with Crippen LogP contribution in [0.2, 0.25) is 0 Å². The van der Waals surface area contributed by atoms with Gasteiger partial charge in [0.05, 0.1) is 12.2 Å². The highest BCUT2D eigenvalue weighted by molar-refractivity contribution is 5.79. The number of benzene rings is 1. The molecule has 3 aromatic rings. The van der Waals surface area contributed by atoms with E-state index >= 15 is 0 Å².